The number of benzene rings is 1. The van der Waals surface area contributed by atoms with Crippen molar-refractivity contribution >= 4 is 85.9 Å². The zero-order valence-electron chi connectivity index (χ0n) is 33.1. The lowest BCUT2D eigenvalue weighted by molar-refractivity contribution is 0.101. The van der Waals surface area contributed by atoms with Gasteiger partial charge in [0.1, 0.15) is 28.8 Å². The van der Waals surface area contributed by atoms with E-state index in [0.717, 1.165) is 35.4 Å². The molecule has 0 saturated heterocycles. The molecule has 1 aliphatic carbocycles. The normalized spacial score (nSPS) is 18.0. The van der Waals surface area contributed by atoms with Crippen molar-refractivity contribution < 1.29 is 18.4 Å². The van der Waals surface area contributed by atoms with E-state index >= 15 is 0 Å². The van der Waals surface area contributed by atoms with Gasteiger partial charge in [0, 0.05) is 48.6 Å². The highest BCUT2D eigenvalue weighted by atomic mass is 127. The van der Waals surface area contributed by atoms with Gasteiger partial charge in [0.2, 0.25) is 0 Å². The third-order valence-electron chi connectivity index (χ3n) is 10.4. The Balaban J connectivity index is 0.000000295. The lowest BCUT2D eigenvalue weighted by Gasteiger charge is -2.41. The number of nitrogens with one attached hydrogen (secondary N) is 1. The van der Waals surface area contributed by atoms with Gasteiger partial charge < -0.3 is 23.8 Å². The minimum absolute atomic E-state index is 0.152. The fourth-order valence-electron chi connectivity index (χ4n) is 5.27. The third kappa shape index (κ3) is 13.6. The van der Waals surface area contributed by atoms with Crippen LogP contribution >= 0.6 is 57.4 Å². The molecule has 0 aliphatic heterocycles. The van der Waals surface area contributed by atoms with Gasteiger partial charge in [0.25, 0.3) is 0 Å². The average Bonchev–Trinajstić information content (AvgIpc) is 3.70. The molecule has 0 radical (unpaired) electrons. The molecule has 0 spiro atoms. The Hall–Kier alpha value is -1.47. The molecule has 16 heteroatoms. The molecule has 4 rings (SSSR count). The number of aromatic nitrogens is 4. The van der Waals surface area contributed by atoms with Crippen molar-refractivity contribution in [2.45, 2.75) is 116 Å². The maximum atomic E-state index is 12.3. The van der Waals surface area contributed by atoms with Gasteiger partial charge in [-0.15, -0.1) is 0 Å². The molecule has 1 saturated carbocycles. The van der Waals surface area contributed by atoms with Gasteiger partial charge in [0.15, 0.2) is 22.4 Å². The van der Waals surface area contributed by atoms with Crippen LogP contribution in [0, 0.1) is 9.62 Å². The van der Waals surface area contributed by atoms with Gasteiger partial charge in [-0.1, -0.05) is 83.3 Å². The van der Waals surface area contributed by atoms with Crippen LogP contribution in [0.25, 0.3) is 0 Å². The maximum absolute atomic E-state index is 12.3. The predicted octanol–water partition coefficient (Wildman–Crippen LogP) is 11.3. The molecule has 1 N–H and O–H groups in total. The number of anilines is 1. The quantitative estimate of drug-likeness (QED) is 0.103. The summed E-state index contributed by atoms with van der Waals surface area (Å²) >= 11 is 20.2. The van der Waals surface area contributed by atoms with E-state index in [1.165, 1.54) is 10.9 Å². The van der Waals surface area contributed by atoms with Crippen LogP contribution in [0.3, 0.4) is 0 Å². The van der Waals surface area contributed by atoms with E-state index in [9.17, 15) is 4.79 Å². The Bertz CT molecular complexity index is 1600. The van der Waals surface area contributed by atoms with Crippen molar-refractivity contribution in [3.63, 3.8) is 0 Å². The molecule has 2 heterocycles. The van der Waals surface area contributed by atoms with Gasteiger partial charge in [-0.3, -0.25) is 4.57 Å². The molecule has 1 amide bonds. The zero-order valence-corrected chi connectivity index (χ0v) is 39.5. The van der Waals surface area contributed by atoms with Crippen molar-refractivity contribution in [2.24, 2.45) is 5.92 Å². The fourth-order valence-corrected chi connectivity index (χ4v) is 9.07. The van der Waals surface area contributed by atoms with E-state index in [1.54, 1.807) is 35.8 Å². The Labute approximate surface area is 347 Å². The molecule has 10 nitrogen and oxygen atoms in total. The summed E-state index contributed by atoms with van der Waals surface area (Å²) in [7, 11) is -3.64. The van der Waals surface area contributed by atoms with E-state index in [-0.39, 0.29) is 28.8 Å². The Morgan fingerprint density at radius 1 is 0.981 bits per heavy atom. The topological polar surface area (TPSA) is 104 Å². The second-order valence-corrected chi connectivity index (χ2v) is 28.5. The van der Waals surface area contributed by atoms with Crippen LogP contribution in [0.1, 0.15) is 67.7 Å². The number of ether oxygens (including phenoxy) is 1. The molecule has 1 fully saturated rings. The maximum Gasteiger partial charge on any atom is 0.329 e. The van der Waals surface area contributed by atoms with Crippen molar-refractivity contribution in [3.05, 3.63) is 62.0 Å². The van der Waals surface area contributed by atoms with Crippen molar-refractivity contribution in [3.8, 4) is 5.75 Å². The molecule has 1 aromatic carbocycles. The SMILES string of the molecule is CC(C)(C)[Si](C)(C)OC[C@@H]1C[C@@H](Nc2cc(I)ncn2)C[C@@H]1O[Si](C)(C)C(C)(C)C.CCCN(CCOc1c(Cl)cc(Cl)cc1Cl)C(=O)n1ccnc1. The fraction of sp³-hybridized carbons (Fsp3) is 0.622. The van der Waals surface area contributed by atoms with Crippen LogP contribution in [0.4, 0.5) is 10.6 Å². The molecule has 53 heavy (non-hydrogen) atoms. The number of imidazole rings is 1. The highest BCUT2D eigenvalue weighted by Gasteiger charge is 2.45. The Kier molecular flexibility index (Phi) is 17.0. The van der Waals surface area contributed by atoms with E-state index in [2.05, 4.69) is 111 Å². The summed E-state index contributed by atoms with van der Waals surface area (Å²) in [4.78, 5) is 26.5. The number of amides is 1. The van der Waals surface area contributed by atoms with Crippen LogP contribution in [-0.2, 0) is 8.85 Å². The monoisotopic (exact) mass is 938 g/mol. The molecule has 0 bridgehead atoms. The van der Waals surface area contributed by atoms with Gasteiger partial charge >= 0.3 is 6.03 Å². The Morgan fingerprint density at radius 3 is 2.17 bits per heavy atom. The summed E-state index contributed by atoms with van der Waals surface area (Å²) < 4.78 is 21.6. The van der Waals surface area contributed by atoms with Crippen molar-refractivity contribution in [1.82, 2.24) is 24.4 Å². The number of hydrogen-bond donors (Lipinski definition) is 1. The van der Waals surface area contributed by atoms with Gasteiger partial charge in [-0.2, -0.15) is 0 Å². The van der Waals surface area contributed by atoms with Crippen LogP contribution in [0.5, 0.6) is 5.75 Å². The summed E-state index contributed by atoms with van der Waals surface area (Å²) in [6.07, 6.45) is 9.38. The summed E-state index contributed by atoms with van der Waals surface area (Å²) in [6.45, 7) is 27.3. The molecule has 296 valence electrons. The molecule has 3 aromatic rings. The summed E-state index contributed by atoms with van der Waals surface area (Å²) in [5.74, 6) is 1.67. The highest BCUT2D eigenvalue weighted by molar-refractivity contribution is 14.1. The van der Waals surface area contributed by atoms with Crippen molar-refractivity contribution in [2.75, 3.05) is 31.6 Å². The van der Waals surface area contributed by atoms with E-state index in [4.69, 9.17) is 48.4 Å². The van der Waals surface area contributed by atoms with Gasteiger partial charge in [0.05, 0.1) is 22.7 Å². The summed E-state index contributed by atoms with van der Waals surface area (Å²) in [5.41, 5.74) is 0. The van der Waals surface area contributed by atoms with Crippen LogP contribution in [0.15, 0.2) is 43.2 Å². The molecule has 3 atom stereocenters. The number of carbonyl (C=O) groups is 1. The number of halogens is 4. The number of nitrogens with zero attached hydrogens (tertiary/aromatic N) is 5. The lowest BCUT2D eigenvalue weighted by Crippen LogP contribution is -2.46. The number of carbonyl (C=O) groups excluding carboxylic acids is 1. The smallest absolute Gasteiger partial charge is 0.329 e. The molecule has 1 aliphatic rings. The molecule has 0 unspecified atom stereocenters. The standard InChI is InChI=1S/C22H42IN3O2Si2.C15H16Cl3N3O2/c1-21(2,3)29(7,8)27-14-16-11-17(26-20-13-19(23)24-15-25-20)12-18(16)28-30(9,10)22(4,5)6;1-2-4-20(15(22)21-5-3-19-10-21)6-7-23-14-12(17)8-11(16)9-13(14)18/h13,15-18H,11-12,14H2,1-10H3,(H,24,25,26);3,5,8-10H,2,4,6-7H2,1H3/t16-,17+,18-;/m0./s1. The second kappa shape index (κ2) is 19.6. The average molecular weight is 940 g/mol. The first-order valence-corrected chi connectivity index (χ1v) is 26.2. The van der Waals surface area contributed by atoms with E-state index in [0.29, 0.717) is 45.9 Å². The first kappa shape index (κ1) is 45.9. The van der Waals surface area contributed by atoms with E-state index in [1.807, 2.05) is 13.0 Å². The zero-order chi connectivity index (χ0) is 39.8. The second-order valence-electron chi connectivity index (χ2n) is 16.6. The first-order chi connectivity index (χ1) is 24.5. The minimum atomic E-state index is -1.85. The van der Waals surface area contributed by atoms with Crippen LogP contribution in [-0.4, -0.2) is 85.5 Å². The molecular formula is C37H58Cl3IN6O4Si2. The van der Waals surface area contributed by atoms with Crippen molar-refractivity contribution in [1.29, 1.82) is 0 Å². The van der Waals surface area contributed by atoms with Crippen LogP contribution in [0.2, 0.25) is 51.3 Å². The molecule has 2 aromatic heterocycles. The first-order valence-electron chi connectivity index (χ1n) is 18.1. The molecular weight excluding hydrogens is 882 g/mol. The van der Waals surface area contributed by atoms with Gasteiger partial charge in [-0.05, 0) is 90.3 Å². The largest absolute Gasteiger partial charge is 0.489 e. The van der Waals surface area contributed by atoms with E-state index < -0.39 is 16.6 Å². The third-order valence-corrected chi connectivity index (χ3v) is 20.8. The summed E-state index contributed by atoms with van der Waals surface area (Å²) in [5, 5.41) is 5.17. The highest BCUT2D eigenvalue weighted by Crippen LogP contribution is 2.43. The number of rotatable bonds is 13. The Morgan fingerprint density at radius 2 is 1.62 bits per heavy atom. The predicted molar refractivity (Wildman–Crippen MR) is 232 cm³/mol. The number of hydrogen-bond acceptors (Lipinski definition) is 8. The lowest BCUT2D eigenvalue weighted by atomic mass is 10.1. The van der Waals surface area contributed by atoms with Crippen LogP contribution < -0.4 is 10.1 Å². The minimum Gasteiger partial charge on any atom is -0.489 e. The van der Waals surface area contributed by atoms with Gasteiger partial charge in [-0.25, -0.2) is 19.7 Å². The summed E-state index contributed by atoms with van der Waals surface area (Å²) in [6, 6.07) is 5.32.